The largest absolute Gasteiger partial charge is 0.335 e. The van der Waals surface area contributed by atoms with E-state index in [4.69, 9.17) is 0 Å². The number of urea groups is 1. The predicted octanol–water partition coefficient (Wildman–Crippen LogP) is 3.63. The summed E-state index contributed by atoms with van der Waals surface area (Å²) in [7, 11) is 1.86. The second-order valence-electron chi connectivity index (χ2n) is 8.20. The number of aromatic nitrogens is 3. The SMILES string of the molecule is CC(c1ccc(-n2cncn2)cc1)N(C)C(=O)NC1CCN(Cc2ccccc2)CC1. The van der Waals surface area contributed by atoms with Crippen LogP contribution in [0.3, 0.4) is 0 Å². The molecule has 7 heteroatoms. The summed E-state index contributed by atoms with van der Waals surface area (Å²) < 4.78 is 1.72. The number of carbonyl (C=O) groups is 1. The molecule has 1 aromatic heterocycles. The zero-order chi connectivity index (χ0) is 21.6. The highest BCUT2D eigenvalue weighted by molar-refractivity contribution is 5.74. The Labute approximate surface area is 183 Å². The summed E-state index contributed by atoms with van der Waals surface area (Å²) in [6, 6.07) is 18.8. The zero-order valence-corrected chi connectivity index (χ0v) is 18.2. The number of hydrogen-bond acceptors (Lipinski definition) is 4. The average Bonchev–Trinajstić information content (AvgIpc) is 3.35. The Morgan fingerprint density at radius 3 is 2.48 bits per heavy atom. The van der Waals surface area contributed by atoms with Gasteiger partial charge in [0.1, 0.15) is 12.7 Å². The highest BCUT2D eigenvalue weighted by Crippen LogP contribution is 2.21. The fraction of sp³-hybridized carbons (Fsp3) is 0.375. The molecule has 1 fully saturated rings. The van der Waals surface area contributed by atoms with Crippen molar-refractivity contribution in [2.24, 2.45) is 0 Å². The number of rotatable bonds is 6. The highest BCUT2D eigenvalue weighted by Gasteiger charge is 2.24. The molecule has 3 aromatic rings. The van der Waals surface area contributed by atoms with Gasteiger partial charge < -0.3 is 10.2 Å². The first kappa shape index (κ1) is 21.1. The van der Waals surface area contributed by atoms with Crippen LogP contribution >= 0.6 is 0 Å². The Hall–Kier alpha value is -3.19. The van der Waals surface area contributed by atoms with Crippen LogP contribution in [0, 0.1) is 0 Å². The molecule has 1 unspecified atom stereocenters. The summed E-state index contributed by atoms with van der Waals surface area (Å²) in [6.45, 7) is 5.03. The first-order chi connectivity index (χ1) is 15.1. The number of amides is 2. The summed E-state index contributed by atoms with van der Waals surface area (Å²) in [5, 5.41) is 7.37. The molecule has 4 rings (SSSR count). The molecule has 0 saturated carbocycles. The van der Waals surface area contributed by atoms with Gasteiger partial charge in [0.2, 0.25) is 0 Å². The third kappa shape index (κ3) is 5.30. The van der Waals surface area contributed by atoms with Crippen LogP contribution in [0.5, 0.6) is 0 Å². The Morgan fingerprint density at radius 1 is 1.13 bits per heavy atom. The van der Waals surface area contributed by atoms with Gasteiger partial charge >= 0.3 is 6.03 Å². The third-order valence-corrected chi connectivity index (χ3v) is 6.12. The molecule has 0 bridgehead atoms. The Morgan fingerprint density at radius 2 is 1.84 bits per heavy atom. The fourth-order valence-corrected chi connectivity index (χ4v) is 4.00. The van der Waals surface area contributed by atoms with Crippen molar-refractivity contribution in [3.05, 3.63) is 78.4 Å². The van der Waals surface area contributed by atoms with Gasteiger partial charge in [-0.2, -0.15) is 5.10 Å². The van der Waals surface area contributed by atoms with Crippen molar-refractivity contribution < 1.29 is 4.79 Å². The highest BCUT2D eigenvalue weighted by atomic mass is 16.2. The number of nitrogens with zero attached hydrogens (tertiary/aromatic N) is 5. The van der Waals surface area contributed by atoms with E-state index in [1.54, 1.807) is 15.9 Å². The molecule has 1 atom stereocenters. The van der Waals surface area contributed by atoms with Crippen LogP contribution in [0.2, 0.25) is 0 Å². The molecule has 1 aliphatic rings. The van der Waals surface area contributed by atoms with Gasteiger partial charge in [-0.3, -0.25) is 4.90 Å². The second-order valence-corrected chi connectivity index (χ2v) is 8.20. The van der Waals surface area contributed by atoms with Gasteiger partial charge in [-0.05, 0) is 43.0 Å². The molecule has 1 aliphatic heterocycles. The van der Waals surface area contributed by atoms with E-state index in [0.29, 0.717) is 0 Å². The molecule has 1 saturated heterocycles. The van der Waals surface area contributed by atoms with Crippen LogP contribution in [-0.2, 0) is 6.54 Å². The standard InChI is InChI=1S/C24H30N6O/c1-19(21-8-10-23(11-9-21)30-18-25-17-26-30)28(2)24(31)27-22-12-14-29(15-13-22)16-20-6-4-3-5-7-20/h3-11,17-19,22H,12-16H2,1-2H3,(H,27,31). The van der Waals surface area contributed by atoms with Crippen LogP contribution in [0.1, 0.15) is 36.9 Å². The van der Waals surface area contributed by atoms with Gasteiger partial charge in [0.25, 0.3) is 0 Å². The van der Waals surface area contributed by atoms with Gasteiger partial charge in [0.05, 0.1) is 11.7 Å². The third-order valence-electron chi connectivity index (χ3n) is 6.12. The van der Waals surface area contributed by atoms with Crippen molar-refractivity contribution >= 4 is 6.03 Å². The van der Waals surface area contributed by atoms with Crippen molar-refractivity contribution in [3.63, 3.8) is 0 Å². The number of nitrogens with one attached hydrogen (secondary N) is 1. The van der Waals surface area contributed by atoms with Gasteiger partial charge in [-0.1, -0.05) is 42.5 Å². The lowest BCUT2D eigenvalue weighted by molar-refractivity contribution is 0.167. The number of piperidine rings is 1. The lowest BCUT2D eigenvalue weighted by atomic mass is 10.0. The maximum atomic E-state index is 12.8. The number of benzene rings is 2. The molecule has 2 heterocycles. The number of likely N-dealkylation sites (tertiary alicyclic amines) is 1. The Balaban J connectivity index is 1.26. The van der Waals surface area contributed by atoms with Crippen LogP contribution in [0.25, 0.3) is 5.69 Å². The quantitative estimate of drug-likeness (QED) is 0.664. The van der Waals surface area contributed by atoms with Gasteiger partial charge in [0.15, 0.2) is 0 Å². The van der Waals surface area contributed by atoms with Crippen LogP contribution in [-0.4, -0.2) is 56.8 Å². The zero-order valence-electron chi connectivity index (χ0n) is 18.2. The van der Waals surface area contributed by atoms with Crippen molar-refractivity contribution in [1.82, 2.24) is 29.9 Å². The summed E-state index contributed by atoms with van der Waals surface area (Å²) in [5.41, 5.74) is 3.37. The summed E-state index contributed by atoms with van der Waals surface area (Å²) in [4.78, 5) is 21.0. The molecule has 7 nitrogen and oxygen atoms in total. The maximum Gasteiger partial charge on any atom is 0.317 e. The van der Waals surface area contributed by atoms with Gasteiger partial charge in [0, 0.05) is 32.7 Å². The number of carbonyl (C=O) groups excluding carboxylic acids is 1. The normalized spacial score (nSPS) is 16.1. The first-order valence-electron chi connectivity index (χ1n) is 10.8. The van der Waals surface area contributed by atoms with Crippen LogP contribution < -0.4 is 5.32 Å². The van der Waals surface area contributed by atoms with Crippen molar-refractivity contribution in [1.29, 1.82) is 0 Å². The minimum Gasteiger partial charge on any atom is -0.335 e. The molecule has 1 N–H and O–H groups in total. The van der Waals surface area contributed by atoms with Gasteiger partial charge in [-0.25, -0.2) is 14.5 Å². The van der Waals surface area contributed by atoms with E-state index in [-0.39, 0.29) is 18.1 Å². The molecule has 0 radical (unpaired) electrons. The second kappa shape index (κ2) is 9.75. The molecule has 0 spiro atoms. The van der Waals surface area contributed by atoms with Crippen molar-refractivity contribution in [2.75, 3.05) is 20.1 Å². The molecule has 2 aromatic carbocycles. The van der Waals surface area contributed by atoms with E-state index in [9.17, 15) is 4.79 Å². The lowest BCUT2D eigenvalue weighted by Crippen LogP contribution is -2.48. The average molecular weight is 419 g/mol. The molecular weight excluding hydrogens is 388 g/mol. The fourth-order valence-electron chi connectivity index (χ4n) is 4.00. The predicted molar refractivity (Wildman–Crippen MR) is 121 cm³/mol. The van der Waals surface area contributed by atoms with Gasteiger partial charge in [-0.15, -0.1) is 0 Å². The lowest BCUT2D eigenvalue weighted by Gasteiger charge is -2.34. The summed E-state index contributed by atoms with van der Waals surface area (Å²) >= 11 is 0. The van der Waals surface area contributed by atoms with E-state index < -0.39 is 0 Å². The van der Waals surface area contributed by atoms with E-state index in [2.05, 4.69) is 44.6 Å². The first-order valence-corrected chi connectivity index (χ1v) is 10.8. The van der Waals surface area contributed by atoms with Crippen molar-refractivity contribution in [2.45, 2.75) is 38.4 Å². The summed E-state index contributed by atoms with van der Waals surface area (Å²) in [5.74, 6) is 0. The van der Waals surface area contributed by atoms with E-state index in [0.717, 1.165) is 43.7 Å². The van der Waals surface area contributed by atoms with Crippen LogP contribution in [0.15, 0.2) is 67.3 Å². The molecule has 2 amide bonds. The number of hydrogen-bond donors (Lipinski definition) is 1. The minimum atomic E-state index is -0.0250. The van der Waals surface area contributed by atoms with E-state index in [1.165, 1.54) is 11.9 Å². The molecule has 162 valence electrons. The Bertz CT molecular complexity index is 950. The summed E-state index contributed by atoms with van der Waals surface area (Å²) in [6.07, 6.45) is 5.14. The maximum absolute atomic E-state index is 12.8. The minimum absolute atomic E-state index is 0.0191. The smallest absolute Gasteiger partial charge is 0.317 e. The molecule has 31 heavy (non-hydrogen) atoms. The Kier molecular flexibility index (Phi) is 6.62. The monoisotopic (exact) mass is 418 g/mol. The molecule has 0 aliphatic carbocycles. The van der Waals surface area contributed by atoms with Crippen molar-refractivity contribution in [3.8, 4) is 5.69 Å². The topological polar surface area (TPSA) is 66.3 Å². The van der Waals surface area contributed by atoms with Crippen LogP contribution in [0.4, 0.5) is 4.79 Å². The van der Waals surface area contributed by atoms with E-state index in [1.807, 2.05) is 44.3 Å². The van der Waals surface area contributed by atoms with E-state index >= 15 is 0 Å². The molecular formula is C24H30N6O.